The van der Waals surface area contributed by atoms with Crippen molar-refractivity contribution in [1.29, 1.82) is 0 Å². The molecule has 1 rings (SSSR count). The Hall–Kier alpha value is -0.370. The second-order valence-corrected chi connectivity index (χ2v) is 1.36. The summed E-state index contributed by atoms with van der Waals surface area (Å²) in [5, 5.41) is 0. The lowest BCUT2D eigenvalue weighted by Crippen LogP contribution is -1.86. The van der Waals surface area contributed by atoms with Gasteiger partial charge in [-0.15, -0.1) is 0 Å². The first kappa shape index (κ1) is 3.81. The van der Waals surface area contributed by atoms with Gasteiger partial charge in [0.2, 0.25) is 0 Å². The first-order valence-electron chi connectivity index (χ1n) is 1.97. The van der Waals surface area contributed by atoms with Crippen LogP contribution in [0.1, 0.15) is 0 Å². The molecule has 1 unspecified atom stereocenters. The molecule has 2 heteroatoms. The predicted molar refractivity (Wildman–Crippen MR) is 24.2 cm³/mol. The molecule has 0 aromatic heterocycles. The van der Waals surface area contributed by atoms with Gasteiger partial charge >= 0.3 is 0 Å². The molecule has 0 aromatic carbocycles. The van der Waals surface area contributed by atoms with Crippen molar-refractivity contribution in [2.45, 2.75) is 6.10 Å². The molecule has 6 heavy (non-hydrogen) atoms. The lowest BCUT2D eigenvalue weighted by molar-refractivity contribution is 0.413. The Morgan fingerprint density at radius 2 is 2.67 bits per heavy atom. The molecule has 1 atom stereocenters. The van der Waals surface area contributed by atoms with E-state index < -0.39 is 0 Å². The van der Waals surface area contributed by atoms with Gasteiger partial charge in [-0.2, -0.15) is 0 Å². The predicted octanol–water partition coefficient (Wildman–Crippen LogP) is 0.0858. The second-order valence-electron chi connectivity index (χ2n) is 1.36. The Morgan fingerprint density at radius 3 is 2.83 bits per heavy atom. The van der Waals surface area contributed by atoms with Crippen LogP contribution in [0.4, 0.5) is 0 Å². The average molecular weight is 85.1 g/mol. The van der Waals surface area contributed by atoms with Gasteiger partial charge in [-0.05, 0) is 6.72 Å². The van der Waals surface area contributed by atoms with Gasteiger partial charge in [-0.25, -0.2) is 0 Å². The topological polar surface area (TPSA) is 24.9 Å². The zero-order valence-electron chi connectivity index (χ0n) is 3.55. The maximum Gasteiger partial charge on any atom is 0.100 e. The fourth-order valence-electron chi connectivity index (χ4n) is 0.317. The van der Waals surface area contributed by atoms with Crippen LogP contribution in [0.2, 0.25) is 0 Å². The molecule has 0 aliphatic carbocycles. The smallest absolute Gasteiger partial charge is 0.100 e. The Balaban J connectivity index is 2.00. The van der Waals surface area contributed by atoms with Crippen LogP contribution in [0.3, 0.4) is 0 Å². The number of epoxide rings is 1. The van der Waals surface area contributed by atoms with Gasteiger partial charge in [0.15, 0.2) is 0 Å². The Kier molecular flexibility index (Phi) is 0.881. The summed E-state index contributed by atoms with van der Waals surface area (Å²) in [6, 6.07) is 0. The van der Waals surface area contributed by atoms with E-state index in [1.54, 1.807) is 0 Å². The van der Waals surface area contributed by atoms with Crippen molar-refractivity contribution < 1.29 is 4.74 Å². The molecule has 0 spiro atoms. The molecule has 1 aliphatic heterocycles. The van der Waals surface area contributed by atoms with Crippen LogP contribution in [0, 0.1) is 0 Å². The molecule has 1 heterocycles. The maximum absolute atomic E-state index is 4.82. The number of aliphatic imine (C=N–C) groups is 1. The zero-order chi connectivity index (χ0) is 4.41. The minimum atomic E-state index is 0.419. The van der Waals surface area contributed by atoms with E-state index in [1.165, 1.54) is 0 Å². The molecule has 0 bridgehead atoms. The highest BCUT2D eigenvalue weighted by atomic mass is 16.6. The molecule has 0 N–H and O–H groups in total. The van der Waals surface area contributed by atoms with E-state index in [0.717, 1.165) is 13.2 Å². The Morgan fingerprint density at radius 1 is 2.00 bits per heavy atom. The van der Waals surface area contributed by atoms with Gasteiger partial charge in [0.25, 0.3) is 0 Å². The van der Waals surface area contributed by atoms with E-state index in [1.807, 2.05) is 0 Å². The number of hydrogen-bond acceptors (Lipinski definition) is 2. The molecule has 1 saturated heterocycles. The second kappa shape index (κ2) is 1.39. The van der Waals surface area contributed by atoms with Crippen molar-refractivity contribution in [3.05, 3.63) is 0 Å². The van der Waals surface area contributed by atoms with Crippen molar-refractivity contribution in [3.8, 4) is 0 Å². The van der Waals surface area contributed by atoms with Gasteiger partial charge in [0, 0.05) is 0 Å². The van der Waals surface area contributed by atoms with Crippen LogP contribution in [0.15, 0.2) is 4.99 Å². The molecule has 1 aliphatic rings. The number of nitrogens with zero attached hydrogens (tertiary/aromatic N) is 1. The summed E-state index contributed by atoms with van der Waals surface area (Å²) in [6.07, 6.45) is 0.419. The van der Waals surface area contributed by atoms with Gasteiger partial charge in [-0.1, -0.05) is 0 Å². The summed E-state index contributed by atoms with van der Waals surface area (Å²) in [4.78, 5) is 3.62. The minimum Gasteiger partial charge on any atom is -0.371 e. The van der Waals surface area contributed by atoms with Gasteiger partial charge in [0.1, 0.15) is 6.10 Å². The molecule has 2 nitrogen and oxygen atoms in total. The SMILES string of the molecule is C=NCC1CO1. The largest absolute Gasteiger partial charge is 0.371 e. The lowest BCUT2D eigenvalue weighted by atomic mass is 10.5. The highest BCUT2D eigenvalue weighted by Crippen LogP contribution is 2.07. The Bertz CT molecular complexity index is 58.6. The lowest BCUT2D eigenvalue weighted by Gasteiger charge is -1.75. The van der Waals surface area contributed by atoms with Crippen LogP contribution in [0.25, 0.3) is 0 Å². The third kappa shape index (κ3) is 0.792. The standard InChI is InChI=1S/C4H7NO/c1-5-2-4-3-6-4/h4H,1-3H2. The van der Waals surface area contributed by atoms with Gasteiger partial charge in [-0.3, -0.25) is 4.99 Å². The van der Waals surface area contributed by atoms with Gasteiger partial charge in [0.05, 0.1) is 13.2 Å². The van der Waals surface area contributed by atoms with Crippen molar-refractivity contribution >= 4 is 6.72 Å². The number of hydrogen-bond donors (Lipinski definition) is 0. The third-order valence-corrected chi connectivity index (χ3v) is 0.735. The third-order valence-electron chi connectivity index (χ3n) is 0.735. The minimum absolute atomic E-state index is 0.419. The van der Waals surface area contributed by atoms with Crippen LogP contribution in [-0.2, 0) is 4.74 Å². The molecule has 0 saturated carbocycles. The van der Waals surface area contributed by atoms with Crippen molar-refractivity contribution in [2.24, 2.45) is 4.99 Å². The fraction of sp³-hybridized carbons (Fsp3) is 0.750. The van der Waals surface area contributed by atoms with Crippen LogP contribution in [-0.4, -0.2) is 26.0 Å². The van der Waals surface area contributed by atoms with Gasteiger partial charge < -0.3 is 4.74 Å². The zero-order valence-corrected chi connectivity index (χ0v) is 3.55. The summed E-state index contributed by atoms with van der Waals surface area (Å²) in [5.74, 6) is 0. The van der Waals surface area contributed by atoms with Crippen molar-refractivity contribution in [1.82, 2.24) is 0 Å². The van der Waals surface area contributed by atoms with E-state index in [9.17, 15) is 0 Å². The van der Waals surface area contributed by atoms with Crippen LogP contribution >= 0.6 is 0 Å². The average Bonchev–Trinajstić information content (AvgIpc) is 2.21. The first-order valence-corrected chi connectivity index (χ1v) is 1.97. The normalized spacial score (nSPS) is 29.7. The molecule has 0 aromatic rings. The molecule has 0 amide bonds. The van der Waals surface area contributed by atoms with E-state index in [4.69, 9.17) is 4.74 Å². The monoisotopic (exact) mass is 85.1 g/mol. The van der Waals surface area contributed by atoms with E-state index in [-0.39, 0.29) is 0 Å². The van der Waals surface area contributed by atoms with E-state index >= 15 is 0 Å². The van der Waals surface area contributed by atoms with Crippen LogP contribution in [0.5, 0.6) is 0 Å². The van der Waals surface area contributed by atoms with Crippen molar-refractivity contribution in [2.75, 3.05) is 13.2 Å². The quantitative estimate of drug-likeness (QED) is 0.344. The summed E-state index contributed by atoms with van der Waals surface area (Å²) in [7, 11) is 0. The fourth-order valence-corrected chi connectivity index (χ4v) is 0.317. The first-order chi connectivity index (χ1) is 2.93. The highest BCUT2D eigenvalue weighted by Gasteiger charge is 2.20. The molecular weight excluding hydrogens is 78.0 g/mol. The molecular formula is C4H7NO. The highest BCUT2D eigenvalue weighted by molar-refractivity contribution is 5.23. The molecule has 34 valence electrons. The maximum atomic E-state index is 4.82. The summed E-state index contributed by atoms with van der Waals surface area (Å²) in [5.41, 5.74) is 0. The molecule has 0 radical (unpaired) electrons. The molecule has 1 fully saturated rings. The number of ether oxygens (including phenoxy) is 1. The van der Waals surface area contributed by atoms with Crippen LogP contribution < -0.4 is 0 Å². The summed E-state index contributed by atoms with van der Waals surface area (Å²) < 4.78 is 4.82. The number of rotatable bonds is 2. The summed E-state index contributed by atoms with van der Waals surface area (Å²) >= 11 is 0. The van der Waals surface area contributed by atoms with E-state index in [0.29, 0.717) is 6.10 Å². The summed E-state index contributed by atoms with van der Waals surface area (Å²) in [6.45, 7) is 4.98. The van der Waals surface area contributed by atoms with Crippen molar-refractivity contribution in [3.63, 3.8) is 0 Å². The van der Waals surface area contributed by atoms with E-state index in [2.05, 4.69) is 11.7 Å². The Labute approximate surface area is 36.8 Å².